The molecule has 0 aliphatic heterocycles. The standard InChI is InChI=1S/C20H28N4O3/c1-15(2)5-4-6-16(3)23-19(25)12-27-20(26)18-9-7-17(8-10-18)11-24-14-21-13-22-24/h7-10,13-16H,4-6,11-12H2,1-3H3,(H,23,25). The first kappa shape index (κ1) is 20.6. The summed E-state index contributed by atoms with van der Waals surface area (Å²) < 4.78 is 6.80. The van der Waals surface area contributed by atoms with Gasteiger partial charge >= 0.3 is 5.97 Å². The van der Waals surface area contributed by atoms with E-state index in [0.717, 1.165) is 24.8 Å². The fraction of sp³-hybridized carbons (Fsp3) is 0.500. The van der Waals surface area contributed by atoms with Gasteiger partial charge in [-0.25, -0.2) is 14.5 Å². The Morgan fingerprint density at radius 3 is 2.52 bits per heavy atom. The van der Waals surface area contributed by atoms with E-state index in [9.17, 15) is 9.59 Å². The van der Waals surface area contributed by atoms with Gasteiger partial charge in [-0.15, -0.1) is 0 Å². The van der Waals surface area contributed by atoms with E-state index in [1.807, 2.05) is 19.1 Å². The van der Waals surface area contributed by atoms with Gasteiger partial charge in [-0.3, -0.25) is 4.79 Å². The molecule has 0 bridgehead atoms. The maximum absolute atomic E-state index is 12.1. The van der Waals surface area contributed by atoms with E-state index in [2.05, 4.69) is 29.2 Å². The molecule has 1 amide bonds. The molecule has 0 aliphatic carbocycles. The highest BCUT2D eigenvalue weighted by atomic mass is 16.5. The van der Waals surface area contributed by atoms with Gasteiger partial charge in [0, 0.05) is 6.04 Å². The summed E-state index contributed by atoms with van der Waals surface area (Å²) >= 11 is 0. The summed E-state index contributed by atoms with van der Waals surface area (Å²) in [5, 5.41) is 6.90. The fourth-order valence-corrected chi connectivity index (χ4v) is 2.68. The van der Waals surface area contributed by atoms with Crippen molar-refractivity contribution in [1.29, 1.82) is 0 Å². The summed E-state index contributed by atoms with van der Waals surface area (Å²) in [6.45, 7) is 6.64. The minimum absolute atomic E-state index is 0.0750. The zero-order valence-electron chi connectivity index (χ0n) is 16.2. The van der Waals surface area contributed by atoms with Gasteiger partial charge < -0.3 is 10.1 Å². The number of aromatic nitrogens is 3. The lowest BCUT2D eigenvalue weighted by Crippen LogP contribution is -2.35. The van der Waals surface area contributed by atoms with Crippen LogP contribution in [-0.4, -0.2) is 39.3 Å². The Morgan fingerprint density at radius 1 is 1.15 bits per heavy atom. The molecule has 2 rings (SSSR count). The first-order chi connectivity index (χ1) is 12.9. The second-order valence-corrected chi connectivity index (χ2v) is 7.16. The zero-order valence-corrected chi connectivity index (χ0v) is 16.2. The van der Waals surface area contributed by atoms with Crippen LogP contribution in [0.2, 0.25) is 0 Å². The molecule has 0 spiro atoms. The summed E-state index contributed by atoms with van der Waals surface area (Å²) in [6, 6.07) is 7.10. The number of carbonyl (C=O) groups excluding carboxylic acids is 2. The molecule has 146 valence electrons. The molecule has 1 aromatic heterocycles. The maximum Gasteiger partial charge on any atom is 0.338 e. The number of hydrogen-bond acceptors (Lipinski definition) is 5. The predicted octanol–water partition coefficient (Wildman–Crippen LogP) is 2.81. The lowest BCUT2D eigenvalue weighted by atomic mass is 10.0. The van der Waals surface area contributed by atoms with Crippen molar-refractivity contribution in [2.24, 2.45) is 5.92 Å². The van der Waals surface area contributed by atoms with Gasteiger partial charge in [0.2, 0.25) is 0 Å². The molecule has 7 nitrogen and oxygen atoms in total. The van der Waals surface area contributed by atoms with E-state index >= 15 is 0 Å². The topological polar surface area (TPSA) is 86.1 Å². The monoisotopic (exact) mass is 372 g/mol. The lowest BCUT2D eigenvalue weighted by Gasteiger charge is -2.14. The predicted molar refractivity (Wildman–Crippen MR) is 102 cm³/mol. The summed E-state index contributed by atoms with van der Waals surface area (Å²) in [5.74, 6) is -0.121. The van der Waals surface area contributed by atoms with Crippen LogP contribution in [0.5, 0.6) is 0 Å². The number of rotatable bonds is 10. The van der Waals surface area contributed by atoms with Crippen molar-refractivity contribution in [3.05, 3.63) is 48.0 Å². The summed E-state index contributed by atoms with van der Waals surface area (Å²) in [7, 11) is 0. The van der Waals surface area contributed by atoms with Crippen molar-refractivity contribution in [1.82, 2.24) is 20.1 Å². The van der Waals surface area contributed by atoms with Crippen LogP contribution in [-0.2, 0) is 16.1 Å². The van der Waals surface area contributed by atoms with Crippen LogP contribution in [0.4, 0.5) is 0 Å². The van der Waals surface area contributed by atoms with Crippen LogP contribution >= 0.6 is 0 Å². The number of hydrogen-bond donors (Lipinski definition) is 1. The van der Waals surface area contributed by atoms with Crippen LogP contribution in [0.1, 0.15) is 56.0 Å². The number of amides is 1. The average molecular weight is 372 g/mol. The largest absolute Gasteiger partial charge is 0.452 e. The minimum atomic E-state index is -0.509. The molecule has 0 fully saturated rings. The summed E-state index contributed by atoms with van der Waals surface area (Å²) in [5.41, 5.74) is 1.40. The van der Waals surface area contributed by atoms with E-state index < -0.39 is 5.97 Å². The Labute approximate surface area is 160 Å². The molecule has 0 saturated carbocycles. The van der Waals surface area contributed by atoms with Crippen molar-refractivity contribution < 1.29 is 14.3 Å². The molecular formula is C20H28N4O3. The Balaban J connectivity index is 1.72. The van der Waals surface area contributed by atoms with Gasteiger partial charge in [-0.2, -0.15) is 5.10 Å². The van der Waals surface area contributed by atoms with E-state index in [0.29, 0.717) is 18.0 Å². The van der Waals surface area contributed by atoms with Crippen LogP contribution in [0, 0.1) is 5.92 Å². The second kappa shape index (κ2) is 10.4. The van der Waals surface area contributed by atoms with Gasteiger partial charge in [0.15, 0.2) is 6.61 Å². The molecule has 0 saturated heterocycles. The summed E-state index contributed by atoms with van der Waals surface area (Å²) in [4.78, 5) is 27.9. The summed E-state index contributed by atoms with van der Waals surface area (Å²) in [6.07, 6.45) is 6.24. The highest BCUT2D eigenvalue weighted by Crippen LogP contribution is 2.09. The first-order valence-electron chi connectivity index (χ1n) is 9.32. The minimum Gasteiger partial charge on any atom is -0.452 e. The number of benzene rings is 1. The van der Waals surface area contributed by atoms with Crippen molar-refractivity contribution in [3.63, 3.8) is 0 Å². The third kappa shape index (κ3) is 7.60. The number of esters is 1. The molecule has 1 unspecified atom stereocenters. The van der Waals surface area contributed by atoms with Gasteiger partial charge in [-0.1, -0.05) is 38.8 Å². The molecule has 0 aliphatic rings. The molecule has 1 N–H and O–H groups in total. The molecule has 2 aromatic rings. The third-order valence-corrected chi connectivity index (χ3v) is 4.16. The van der Waals surface area contributed by atoms with Crippen molar-refractivity contribution in [3.8, 4) is 0 Å². The normalized spacial score (nSPS) is 12.0. The maximum atomic E-state index is 12.1. The molecular weight excluding hydrogens is 344 g/mol. The number of nitrogens with zero attached hydrogens (tertiary/aromatic N) is 3. The highest BCUT2D eigenvalue weighted by molar-refractivity contribution is 5.91. The molecule has 27 heavy (non-hydrogen) atoms. The smallest absolute Gasteiger partial charge is 0.338 e. The quantitative estimate of drug-likeness (QED) is 0.648. The number of ether oxygens (including phenoxy) is 1. The Morgan fingerprint density at radius 2 is 1.89 bits per heavy atom. The van der Waals surface area contributed by atoms with E-state index in [-0.39, 0.29) is 18.6 Å². The average Bonchev–Trinajstić information content (AvgIpc) is 3.13. The zero-order chi connectivity index (χ0) is 19.6. The van der Waals surface area contributed by atoms with Gasteiger partial charge in [0.1, 0.15) is 12.7 Å². The van der Waals surface area contributed by atoms with E-state index in [1.54, 1.807) is 23.1 Å². The second-order valence-electron chi connectivity index (χ2n) is 7.16. The third-order valence-electron chi connectivity index (χ3n) is 4.16. The number of carbonyl (C=O) groups is 2. The van der Waals surface area contributed by atoms with Crippen LogP contribution in [0.3, 0.4) is 0 Å². The highest BCUT2D eigenvalue weighted by Gasteiger charge is 2.12. The first-order valence-corrected chi connectivity index (χ1v) is 9.32. The van der Waals surface area contributed by atoms with Gasteiger partial charge in [-0.05, 0) is 37.0 Å². The van der Waals surface area contributed by atoms with Crippen molar-refractivity contribution in [2.45, 2.75) is 52.6 Å². The fourth-order valence-electron chi connectivity index (χ4n) is 2.68. The molecule has 7 heteroatoms. The molecule has 1 atom stereocenters. The van der Waals surface area contributed by atoms with Crippen molar-refractivity contribution in [2.75, 3.05) is 6.61 Å². The Kier molecular flexibility index (Phi) is 7.98. The SMILES string of the molecule is CC(C)CCCC(C)NC(=O)COC(=O)c1ccc(Cn2cncn2)cc1. The van der Waals surface area contributed by atoms with Crippen LogP contribution < -0.4 is 5.32 Å². The van der Waals surface area contributed by atoms with E-state index in [4.69, 9.17) is 4.74 Å². The van der Waals surface area contributed by atoms with Crippen LogP contribution in [0.15, 0.2) is 36.9 Å². The molecule has 1 aromatic carbocycles. The Hall–Kier alpha value is -2.70. The molecule has 0 radical (unpaired) electrons. The van der Waals surface area contributed by atoms with Crippen LogP contribution in [0.25, 0.3) is 0 Å². The van der Waals surface area contributed by atoms with Crippen molar-refractivity contribution >= 4 is 11.9 Å². The Bertz CT molecular complexity index is 711. The van der Waals surface area contributed by atoms with Gasteiger partial charge in [0.25, 0.3) is 5.91 Å². The van der Waals surface area contributed by atoms with E-state index in [1.165, 1.54) is 6.33 Å². The molecule has 1 heterocycles. The number of nitrogens with one attached hydrogen (secondary N) is 1. The van der Waals surface area contributed by atoms with Gasteiger partial charge in [0.05, 0.1) is 12.1 Å². The lowest BCUT2D eigenvalue weighted by molar-refractivity contribution is -0.124.